The lowest BCUT2D eigenvalue weighted by Crippen LogP contribution is -2.10. The van der Waals surface area contributed by atoms with Crippen LogP contribution in [-0.2, 0) is 4.74 Å². The number of rotatable bonds is 4. The maximum Gasteiger partial charge on any atom is 0.154 e. The SMILES string of the molecule is C=C1CCC(CCC(O)OC)C1. The van der Waals surface area contributed by atoms with E-state index in [1.165, 1.54) is 25.5 Å². The second kappa shape index (κ2) is 4.63. The Labute approximate surface area is 74.2 Å². The fourth-order valence-electron chi connectivity index (χ4n) is 1.76. The molecule has 2 heteroatoms. The second-order valence-corrected chi connectivity index (χ2v) is 3.63. The van der Waals surface area contributed by atoms with Crippen molar-refractivity contribution in [2.75, 3.05) is 7.11 Å². The minimum Gasteiger partial charge on any atom is -0.368 e. The van der Waals surface area contributed by atoms with Crippen LogP contribution in [0.25, 0.3) is 0 Å². The third-order valence-electron chi connectivity index (χ3n) is 2.58. The first-order chi connectivity index (χ1) is 5.72. The van der Waals surface area contributed by atoms with Gasteiger partial charge in [-0.1, -0.05) is 12.2 Å². The van der Waals surface area contributed by atoms with Crippen molar-refractivity contribution in [2.24, 2.45) is 5.92 Å². The molecule has 0 aromatic heterocycles. The number of aliphatic hydroxyl groups excluding tert-OH is 1. The van der Waals surface area contributed by atoms with E-state index in [1.807, 2.05) is 0 Å². The Hall–Kier alpha value is -0.340. The molecule has 12 heavy (non-hydrogen) atoms. The van der Waals surface area contributed by atoms with E-state index in [4.69, 9.17) is 9.84 Å². The molecule has 0 saturated heterocycles. The van der Waals surface area contributed by atoms with Crippen LogP contribution >= 0.6 is 0 Å². The smallest absolute Gasteiger partial charge is 0.154 e. The van der Waals surface area contributed by atoms with E-state index >= 15 is 0 Å². The Morgan fingerprint density at radius 3 is 3.00 bits per heavy atom. The van der Waals surface area contributed by atoms with Crippen LogP contribution in [-0.4, -0.2) is 18.5 Å². The van der Waals surface area contributed by atoms with Crippen LogP contribution in [0.2, 0.25) is 0 Å². The molecular weight excluding hydrogens is 152 g/mol. The summed E-state index contributed by atoms with van der Waals surface area (Å²) in [6, 6.07) is 0. The van der Waals surface area contributed by atoms with Crippen molar-refractivity contribution in [3.63, 3.8) is 0 Å². The maximum atomic E-state index is 9.14. The summed E-state index contributed by atoms with van der Waals surface area (Å²) < 4.78 is 4.77. The highest BCUT2D eigenvalue weighted by Crippen LogP contribution is 2.32. The van der Waals surface area contributed by atoms with Gasteiger partial charge in [0.25, 0.3) is 0 Å². The molecule has 1 fully saturated rings. The Bertz CT molecular complexity index is 154. The molecular formula is C10H18O2. The van der Waals surface area contributed by atoms with Gasteiger partial charge in [-0.25, -0.2) is 0 Å². The highest BCUT2D eigenvalue weighted by Gasteiger charge is 2.18. The largest absolute Gasteiger partial charge is 0.368 e. The normalized spacial score (nSPS) is 26.2. The summed E-state index contributed by atoms with van der Waals surface area (Å²) in [7, 11) is 1.54. The van der Waals surface area contributed by atoms with E-state index in [0.717, 1.165) is 25.2 Å². The van der Waals surface area contributed by atoms with Crippen molar-refractivity contribution in [1.82, 2.24) is 0 Å². The summed E-state index contributed by atoms with van der Waals surface area (Å²) in [5.74, 6) is 0.738. The van der Waals surface area contributed by atoms with Crippen molar-refractivity contribution in [2.45, 2.75) is 38.4 Å². The van der Waals surface area contributed by atoms with Crippen molar-refractivity contribution >= 4 is 0 Å². The lowest BCUT2D eigenvalue weighted by molar-refractivity contribution is -0.0810. The van der Waals surface area contributed by atoms with E-state index in [0.29, 0.717) is 0 Å². The molecule has 0 aliphatic heterocycles. The molecule has 1 aliphatic rings. The van der Waals surface area contributed by atoms with Gasteiger partial charge >= 0.3 is 0 Å². The minimum atomic E-state index is -0.570. The zero-order valence-corrected chi connectivity index (χ0v) is 7.75. The van der Waals surface area contributed by atoms with E-state index in [-0.39, 0.29) is 0 Å². The first-order valence-electron chi connectivity index (χ1n) is 4.60. The third kappa shape index (κ3) is 2.95. The van der Waals surface area contributed by atoms with Gasteiger partial charge in [-0.2, -0.15) is 0 Å². The minimum absolute atomic E-state index is 0.570. The highest BCUT2D eigenvalue weighted by molar-refractivity contribution is 5.01. The first kappa shape index (κ1) is 9.75. The van der Waals surface area contributed by atoms with Crippen molar-refractivity contribution in [3.8, 4) is 0 Å². The lowest BCUT2D eigenvalue weighted by atomic mass is 10.0. The molecule has 0 aromatic rings. The molecule has 1 saturated carbocycles. The molecule has 0 aromatic carbocycles. The number of methoxy groups -OCH3 is 1. The predicted molar refractivity (Wildman–Crippen MR) is 48.7 cm³/mol. The zero-order valence-electron chi connectivity index (χ0n) is 7.75. The molecule has 1 aliphatic carbocycles. The van der Waals surface area contributed by atoms with Crippen molar-refractivity contribution in [1.29, 1.82) is 0 Å². The number of aliphatic hydroxyl groups is 1. The summed E-state index contributed by atoms with van der Waals surface area (Å²) >= 11 is 0. The molecule has 1 N–H and O–H groups in total. The average Bonchev–Trinajstić information content (AvgIpc) is 2.47. The standard InChI is InChI=1S/C10H18O2/c1-8-3-4-9(7-8)5-6-10(11)12-2/h9-11H,1,3-7H2,2H3. The lowest BCUT2D eigenvalue weighted by Gasteiger charge is -2.11. The fraction of sp³-hybridized carbons (Fsp3) is 0.800. The van der Waals surface area contributed by atoms with Crippen LogP contribution in [0.1, 0.15) is 32.1 Å². The number of allylic oxidation sites excluding steroid dienone is 1. The van der Waals surface area contributed by atoms with Crippen LogP contribution in [0, 0.1) is 5.92 Å². The molecule has 0 spiro atoms. The van der Waals surface area contributed by atoms with Crippen LogP contribution in [0.3, 0.4) is 0 Å². The van der Waals surface area contributed by atoms with E-state index < -0.39 is 6.29 Å². The molecule has 1 rings (SSSR count). The molecule has 70 valence electrons. The van der Waals surface area contributed by atoms with E-state index in [2.05, 4.69) is 6.58 Å². The molecule has 0 amide bonds. The first-order valence-corrected chi connectivity index (χ1v) is 4.60. The van der Waals surface area contributed by atoms with Gasteiger partial charge < -0.3 is 9.84 Å². The van der Waals surface area contributed by atoms with Gasteiger partial charge in [0.2, 0.25) is 0 Å². The van der Waals surface area contributed by atoms with Crippen molar-refractivity contribution < 1.29 is 9.84 Å². The third-order valence-corrected chi connectivity index (χ3v) is 2.58. The summed E-state index contributed by atoms with van der Waals surface area (Å²) in [4.78, 5) is 0. The van der Waals surface area contributed by atoms with Gasteiger partial charge in [0, 0.05) is 7.11 Å². The number of hydrogen-bond acceptors (Lipinski definition) is 2. The van der Waals surface area contributed by atoms with Crippen LogP contribution in [0.5, 0.6) is 0 Å². The molecule has 0 heterocycles. The number of ether oxygens (including phenoxy) is 1. The van der Waals surface area contributed by atoms with Gasteiger partial charge in [-0.05, 0) is 38.0 Å². The zero-order chi connectivity index (χ0) is 8.97. The summed E-state index contributed by atoms with van der Waals surface area (Å²) in [6.07, 6.45) is 4.82. The molecule has 2 unspecified atom stereocenters. The van der Waals surface area contributed by atoms with Gasteiger partial charge in [0.1, 0.15) is 0 Å². The van der Waals surface area contributed by atoms with Gasteiger partial charge in [0.15, 0.2) is 6.29 Å². The quantitative estimate of drug-likeness (QED) is 0.517. The number of hydrogen-bond donors (Lipinski definition) is 1. The fourth-order valence-corrected chi connectivity index (χ4v) is 1.76. The topological polar surface area (TPSA) is 29.5 Å². The molecule has 0 radical (unpaired) electrons. The van der Waals surface area contributed by atoms with E-state index in [9.17, 15) is 0 Å². The van der Waals surface area contributed by atoms with E-state index in [1.54, 1.807) is 0 Å². The molecule has 0 bridgehead atoms. The highest BCUT2D eigenvalue weighted by atomic mass is 16.6. The predicted octanol–water partition coefficient (Wildman–Crippen LogP) is 2.09. The Morgan fingerprint density at radius 2 is 2.50 bits per heavy atom. The maximum absolute atomic E-state index is 9.14. The van der Waals surface area contributed by atoms with Gasteiger partial charge in [-0.15, -0.1) is 0 Å². The average molecular weight is 170 g/mol. The van der Waals surface area contributed by atoms with Crippen LogP contribution < -0.4 is 0 Å². The Kier molecular flexibility index (Phi) is 3.76. The van der Waals surface area contributed by atoms with Crippen LogP contribution in [0.4, 0.5) is 0 Å². The second-order valence-electron chi connectivity index (χ2n) is 3.63. The summed E-state index contributed by atoms with van der Waals surface area (Å²) in [6.45, 7) is 3.96. The van der Waals surface area contributed by atoms with Crippen molar-refractivity contribution in [3.05, 3.63) is 12.2 Å². The Morgan fingerprint density at radius 1 is 1.75 bits per heavy atom. The Balaban J connectivity index is 2.11. The monoisotopic (exact) mass is 170 g/mol. The van der Waals surface area contributed by atoms with Crippen LogP contribution in [0.15, 0.2) is 12.2 Å². The summed E-state index contributed by atoms with van der Waals surface area (Å²) in [5, 5.41) is 9.14. The molecule has 2 nitrogen and oxygen atoms in total. The van der Waals surface area contributed by atoms with Gasteiger partial charge in [0.05, 0.1) is 0 Å². The van der Waals surface area contributed by atoms with Gasteiger partial charge in [-0.3, -0.25) is 0 Å². The molecule has 2 atom stereocenters. The summed E-state index contributed by atoms with van der Waals surface area (Å²) in [5.41, 5.74) is 1.37.